The van der Waals surface area contributed by atoms with Gasteiger partial charge >= 0.3 is 0 Å². The van der Waals surface area contributed by atoms with Crippen LogP contribution in [-0.2, 0) is 32.6 Å². The average molecular weight is 697 g/mol. The molecule has 0 aromatic heterocycles. The molecule has 47 heavy (non-hydrogen) atoms. The number of nitrogens with zero attached hydrogens (tertiary/aromatic N) is 2. The number of hydrogen-bond donors (Lipinski definition) is 1. The number of benzene rings is 4. The molecule has 0 unspecified atom stereocenters. The lowest BCUT2D eigenvalue weighted by Crippen LogP contribution is -2.54. The quantitative estimate of drug-likeness (QED) is 0.152. The third-order valence-corrected chi connectivity index (χ3v) is 10.4. The molecule has 0 saturated carbocycles. The Hall–Kier alpha value is -4.05. The third-order valence-electron chi connectivity index (χ3n) is 7.85. The number of halogens is 2. The zero-order chi connectivity index (χ0) is 34.1. The SMILES string of the molecule is CC[C@H](C)NC(=O)[C@H](Cc1ccccc1)N(Cc1cccc(OC)c1)C(=O)CN(c1cccc(Cl)c1Cl)S(=O)(=O)c1ccc(C)cc1. The Bertz CT molecular complexity index is 1790. The highest BCUT2D eigenvalue weighted by atomic mass is 35.5. The van der Waals surface area contributed by atoms with Crippen LogP contribution in [0.1, 0.15) is 37.0 Å². The van der Waals surface area contributed by atoms with Crippen molar-refractivity contribution in [3.05, 3.63) is 124 Å². The average Bonchev–Trinajstić information content (AvgIpc) is 3.07. The molecule has 0 aliphatic carbocycles. The maximum Gasteiger partial charge on any atom is 0.264 e. The number of carbonyl (C=O) groups is 2. The number of aryl methyl sites for hydroxylation is 1. The number of anilines is 1. The summed E-state index contributed by atoms with van der Waals surface area (Å²) in [4.78, 5) is 30.0. The minimum atomic E-state index is -4.33. The number of amides is 2. The normalized spacial score (nSPS) is 12.6. The Morgan fingerprint density at radius 2 is 1.55 bits per heavy atom. The molecule has 0 aliphatic heterocycles. The van der Waals surface area contributed by atoms with Crippen LogP contribution in [0.4, 0.5) is 5.69 Å². The van der Waals surface area contributed by atoms with E-state index in [-0.39, 0.29) is 45.5 Å². The molecule has 0 spiro atoms. The molecule has 8 nitrogen and oxygen atoms in total. The summed E-state index contributed by atoms with van der Waals surface area (Å²) in [5.74, 6) is -0.388. The summed E-state index contributed by atoms with van der Waals surface area (Å²) >= 11 is 12.9. The summed E-state index contributed by atoms with van der Waals surface area (Å²) in [5.41, 5.74) is 2.44. The van der Waals surface area contributed by atoms with Gasteiger partial charge in [-0.2, -0.15) is 0 Å². The van der Waals surface area contributed by atoms with E-state index in [9.17, 15) is 18.0 Å². The van der Waals surface area contributed by atoms with Gasteiger partial charge in [0, 0.05) is 19.0 Å². The fraction of sp³-hybridized carbons (Fsp3) is 0.278. The van der Waals surface area contributed by atoms with Gasteiger partial charge in [-0.1, -0.05) is 96.4 Å². The fourth-order valence-corrected chi connectivity index (χ4v) is 6.87. The van der Waals surface area contributed by atoms with Gasteiger partial charge < -0.3 is 15.0 Å². The highest BCUT2D eigenvalue weighted by Crippen LogP contribution is 2.36. The highest BCUT2D eigenvalue weighted by molar-refractivity contribution is 7.92. The van der Waals surface area contributed by atoms with Crippen LogP contribution >= 0.6 is 23.2 Å². The number of hydrogen-bond acceptors (Lipinski definition) is 5. The molecule has 4 rings (SSSR count). The molecule has 1 N–H and O–H groups in total. The Kier molecular flexibility index (Phi) is 12.3. The Morgan fingerprint density at radius 1 is 0.894 bits per heavy atom. The second-order valence-electron chi connectivity index (χ2n) is 11.3. The van der Waals surface area contributed by atoms with Crippen molar-refractivity contribution in [2.75, 3.05) is 18.0 Å². The fourth-order valence-electron chi connectivity index (χ4n) is 5.00. The maximum absolute atomic E-state index is 14.6. The Morgan fingerprint density at radius 3 is 2.21 bits per heavy atom. The van der Waals surface area contributed by atoms with Crippen molar-refractivity contribution < 1.29 is 22.7 Å². The minimum Gasteiger partial charge on any atom is -0.497 e. The summed E-state index contributed by atoms with van der Waals surface area (Å²) in [6.07, 6.45) is 0.880. The van der Waals surface area contributed by atoms with E-state index in [0.29, 0.717) is 17.7 Å². The number of nitrogens with one attached hydrogen (secondary N) is 1. The lowest BCUT2D eigenvalue weighted by molar-refractivity contribution is -0.140. The van der Waals surface area contributed by atoms with Gasteiger partial charge in [0.25, 0.3) is 10.0 Å². The largest absolute Gasteiger partial charge is 0.497 e. The van der Waals surface area contributed by atoms with Gasteiger partial charge in [-0.15, -0.1) is 0 Å². The van der Waals surface area contributed by atoms with Crippen LogP contribution in [0.3, 0.4) is 0 Å². The number of methoxy groups -OCH3 is 1. The van der Waals surface area contributed by atoms with Crippen LogP contribution in [0.5, 0.6) is 5.75 Å². The smallest absolute Gasteiger partial charge is 0.264 e. The van der Waals surface area contributed by atoms with Crippen LogP contribution in [0.2, 0.25) is 10.0 Å². The van der Waals surface area contributed by atoms with Gasteiger partial charge in [0.2, 0.25) is 11.8 Å². The van der Waals surface area contributed by atoms with Gasteiger partial charge in [0.15, 0.2) is 0 Å². The van der Waals surface area contributed by atoms with E-state index in [1.165, 1.54) is 29.2 Å². The van der Waals surface area contributed by atoms with Crippen molar-refractivity contribution >= 4 is 50.7 Å². The first-order chi connectivity index (χ1) is 22.4. The monoisotopic (exact) mass is 695 g/mol. The topological polar surface area (TPSA) is 96.0 Å². The zero-order valence-corrected chi connectivity index (χ0v) is 29.1. The van der Waals surface area contributed by atoms with E-state index in [1.54, 1.807) is 43.5 Å². The van der Waals surface area contributed by atoms with Crippen LogP contribution in [0, 0.1) is 6.92 Å². The zero-order valence-electron chi connectivity index (χ0n) is 26.8. The summed E-state index contributed by atoms with van der Waals surface area (Å²) in [7, 11) is -2.78. The first-order valence-corrected chi connectivity index (χ1v) is 17.4. The third kappa shape index (κ3) is 9.06. The molecule has 0 bridgehead atoms. The van der Waals surface area contributed by atoms with Crippen molar-refractivity contribution in [2.45, 2.75) is 57.1 Å². The lowest BCUT2D eigenvalue weighted by atomic mass is 10.0. The number of sulfonamides is 1. The molecule has 4 aromatic rings. The maximum atomic E-state index is 14.6. The van der Waals surface area contributed by atoms with Crippen LogP contribution in [0.15, 0.2) is 102 Å². The van der Waals surface area contributed by atoms with Crippen molar-refractivity contribution in [3.8, 4) is 5.75 Å². The summed E-state index contributed by atoms with van der Waals surface area (Å²) in [6.45, 7) is 5.05. The minimum absolute atomic E-state index is 0.00313. The predicted octanol–water partition coefficient (Wildman–Crippen LogP) is 7.06. The first-order valence-electron chi connectivity index (χ1n) is 15.2. The van der Waals surface area contributed by atoms with E-state index in [2.05, 4.69) is 5.32 Å². The van der Waals surface area contributed by atoms with Gasteiger partial charge in [0.05, 0.1) is 27.7 Å². The van der Waals surface area contributed by atoms with Crippen molar-refractivity contribution in [2.24, 2.45) is 0 Å². The standard InChI is InChI=1S/C36H39Cl2N3O5S/c1-5-26(3)39-36(43)33(22-27-11-7-6-8-12-27)40(23-28-13-9-14-29(21-28)46-4)34(42)24-41(32-16-10-15-31(37)35(32)38)47(44,45)30-19-17-25(2)18-20-30/h6-21,26,33H,5,22-24H2,1-4H3,(H,39,43)/t26-,33-/m0/s1. The molecule has 0 saturated heterocycles. The number of carbonyl (C=O) groups excluding carboxylic acids is 2. The number of ether oxygens (including phenoxy) is 1. The molecule has 4 aromatic carbocycles. The molecule has 0 fully saturated rings. The van der Waals surface area contributed by atoms with Crippen LogP contribution in [-0.4, -0.2) is 50.9 Å². The van der Waals surface area contributed by atoms with Crippen LogP contribution < -0.4 is 14.4 Å². The Balaban J connectivity index is 1.85. The van der Waals surface area contributed by atoms with Crippen molar-refractivity contribution in [1.29, 1.82) is 0 Å². The van der Waals surface area contributed by atoms with Gasteiger partial charge in [-0.25, -0.2) is 8.42 Å². The highest BCUT2D eigenvalue weighted by Gasteiger charge is 2.35. The second kappa shape index (κ2) is 16.2. The van der Waals surface area contributed by atoms with E-state index in [1.807, 2.05) is 57.2 Å². The van der Waals surface area contributed by atoms with Crippen LogP contribution in [0.25, 0.3) is 0 Å². The molecule has 0 heterocycles. The van der Waals surface area contributed by atoms with Gasteiger partial charge in [0.1, 0.15) is 18.3 Å². The van der Waals surface area contributed by atoms with E-state index < -0.39 is 28.5 Å². The molecular weight excluding hydrogens is 657 g/mol. The van der Waals surface area contributed by atoms with Gasteiger partial charge in [-0.05, 0) is 67.8 Å². The molecule has 11 heteroatoms. The summed E-state index contributed by atoms with van der Waals surface area (Å²) in [6, 6.07) is 26.3. The summed E-state index contributed by atoms with van der Waals surface area (Å²) < 4.78 is 34.9. The first kappa shape index (κ1) is 35.8. The molecule has 2 atom stereocenters. The van der Waals surface area contributed by atoms with Gasteiger partial charge in [-0.3, -0.25) is 13.9 Å². The molecule has 0 radical (unpaired) electrons. The molecule has 2 amide bonds. The van der Waals surface area contributed by atoms with E-state index in [0.717, 1.165) is 15.4 Å². The molecular formula is C36H39Cl2N3O5S. The van der Waals surface area contributed by atoms with E-state index in [4.69, 9.17) is 27.9 Å². The lowest BCUT2D eigenvalue weighted by Gasteiger charge is -2.34. The Labute approximate surface area is 287 Å². The van der Waals surface area contributed by atoms with Crippen molar-refractivity contribution in [3.63, 3.8) is 0 Å². The summed E-state index contributed by atoms with van der Waals surface area (Å²) in [5, 5.41) is 3.14. The van der Waals surface area contributed by atoms with E-state index >= 15 is 0 Å². The molecule has 248 valence electrons. The number of rotatable bonds is 14. The molecule has 0 aliphatic rings. The second-order valence-corrected chi connectivity index (χ2v) is 13.9. The predicted molar refractivity (Wildman–Crippen MR) is 188 cm³/mol. The van der Waals surface area contributed by atoms with Crippen molar-refractivity contribution in [1.82, 2.24) is 10.2 Å².